The molecule has 0 saturated carbocycles. The van der Waals surface area contributed by atoms with Gasteiger partial charge in [-0.05, 0) is 6.07 Å². The summed E-state index contributed by atoms with van der Waals surface area (Å²) in [6.45, 7) is 0. The molecule has 3 rings (SSSR count). The van der Waals surface area contributed by atoms with E-state index in [1.54, 1.807) is 10.8 Å². The van der Waals surface area contributed by atoms with Gasteiger partial charge in [-0.2, -0.15) is 0 Å². The quantitative estimate of drug-likeness (QED) is 0.539. The minimum absolute atomic E-state index is 0.0860. The van der Waals surface area contributed by atoms with Crippen molar-refractivity contribution in [1.82, 2.24) is 14.5 Å². The third-order valence-electron chi connectivity index (χ3n) is 2.90. The predicted octanol–water partition coefficient (Wildman–Crippen LogP) is 1.62. The number of non-ortho nitro benzene ring substituents is 1. The number of hydrogen-bond acceptors (Lipinski definition) is 6. The molecular formula is C12H9N5O3. The van der Waals surface area contributed by atoms with Gasteiger partial charge in [-0.15, -0.1) is 0 Å². The number of nitro groups is 1. The van der Waals surface area contributed by atoms with Crippen LogP contribution in [0.5, 0.6) is 5.75 Å². The maximum absolute atomic E-state index is 11.2. The van der Waals surface area contributed by atoms with E-state index >= 15 is 0 Å². The van der Waals surface area contributed by atoms with Crippen molar-refractivity contribution in [2.75, 3.05) is 5.73 Å². The maximum atomic E-state index is 11.2. The third kappa shape index (κ3) is 1.70. The van der Waals surface area contributed by atoms with Gasteiger partial charge >= 0.3 is 0 Å². The minimum Gasteiger partial charge on any atom is -0.506 e. The molecule has 2 aromatic heterocycles. The zero-order valence-electron chi connectivity index (χ0n) is 10.1. The highest BCUT2D eigenvalue weighted by Crippen LogP contribution is 2.36. The monoisotopic (exact) mass is 271 g/mol. The molecule has 8 heteroatoms. The van der Waals surface area contributed by atoms with Crippen LogP contribution in [0.4, 0.5) is 11.5 Å². The summed E-state index contributed by atoms with van der Waals surface area (Å²) in [5.41, 5.74) is 6.07. The number of aromatic hydroxyl groups is 1. The van der Waals surface area contributed by atoms with Crippen molar-refractivity contribution >= 4 is 22.4 Å². The van der Waals surface area contributed by atoms with Gasteiger partial charge in [0.15, 0.2) is 0 Å². The predicted molar refractivity (Wildman–Crippen MR) is 71.6 cm³/mol. The summed E-state index contributed by atoms with van der Waals surface area (Å²) >= 11 is 0. The van der Waals surface area contributed by atoms with Crippen LogP contribution in [-0.2, 0) is 0 Å². The molecule has 0 atom stereocenters. The smallest absolute Gasteiger partial charge is 0.281 e. The molecule has 20 heavy (non-hydrogen) atoms. The van der Waals surface area contributed by atoms with Crippen molar-refractivity contribution < 1.29 is 10.0 Å². The molecule has 2 heterocycles. The van der Waals surface area contributed by atoms with E-state index in [9.17, 15) is 15.2 Å². The lowest BCUT2D eigenvalue weighted by Crippen LogP contribution is -2.01. The van der Waals surface area contributed by atoms with Crippen LogP contribution in [0, 0.1) is 10.1 Å². The van der Waals surface area contributed by atoms with Crippen LogP contribution in [0.15, 0.2) is 36.9 Å². The number of aromatic nitrogens is 3. The zero-order valence-corrected chi connectivity index (χ0v) is 10.1. The Morgan fingerprint density at radius 3 is 2.85 bits per heavy atom. The number of nitrogens with two attached hydrogens (primary N) is 1. The molecule has 0 radical (unpaired) electrons. The fraction of sp³-hybridized carbons (Fsp3) is 0. The Labute approximate surface area is 112 Å². The van der Waals surface area contributed by atoms with Crippen molar-refractivity contribution in [3.63, 3.8) is 0 Å². The van der Waals surface area contributed by atoms with Crippen LogP contribution >= 0.6 is 0 Å². The number of nitro benzene ring substituents is 1. The number of phenols is 1. The van der Waals surface area contributed by atoms with Crippen LogP contribution in [0.25, 0.3) is 16.6 Å². The number of pyridine rings is 1. The first kappa shape index (κ1) is 11.9. The van der Waals surface area contributed by atoms with E-state index in [1.165, 1.54) is 30.7 Å². The number of hydrogen-bond donors (Lipinski definition) is 2. The molecule has 3 N–H and O–H groups in total. The standard InChI is InChI=1S/C12H9N5O3/c13-10-5-8(16-4-3-14-6-16)11-7(17(19)20)1-2-9(18)12(11)15-10/h1-6,18H,(H2,13,15). The van der Waals surface area contributed by atoms with Crippen molar-refractivity contribution in [2.24, 2.45) is 0 Å². The second kappa shape index (κ2) is 4.19. The lowest BCUT2D eigenvalue weighted by atomic mass is 10.1. The molecule has 100 valence electrons. The highest BCUT2D eigenvalue weighted by atomic mass is 16.6. The number of rotatable bonds is 2. The zero-order chi connectivity index (χ0) is 14.3. The topological polar surface area (TPSA) is 120 Å². The van der Waals surface area contributed by atoms with Crippen molar-refractivity contribution in [3.05, 3.63) is 47.0 Å². The van der Waals surface area contributed by atoms with E-state index in [-0.39, 0.29) is 28.2 Å². The number of anilines is 1. The first-order chi connectivity index (χ1) is 9.58. The van der Waals surface area contributed by atoms with E-state index < -0.39 is 4.92 Å². The Morgan fingerprint density at radius 2 is 2.20 bits per heavy atom. The summed E-state index contributed by atoms with van der Waals surface area (Å²) in [5.74, 6) is -0.0173. The van der Waals surface area contributed by atoms with E-state index in [2.05, 4.69) is 9.97 Å². The molecule has 0 amide bonds. The molecule has 0 bridgehead atoms. The molecule has 3 aromatic rings. The number of imidazole rings is 1. The Hall–Kier alpha value is -3.16. The summed E-state index contributed by atoms with van der Waals surface area (Å²) in [5, 5.41) is 21.2. The van der Waals surface area contributed by atoms with Crippen LogP contribution in [-0.4, -0.2) is 24.6 Å². The van der Waals surface area contributed by atoms with E-state index in [4.69, 9.17) is 5.73 Å². The molecule has 0 aliphatic carbocycles. The number of nitrogen functional groups attached to an aromatic ring is 1. The van der Waals surface area contributed by atoms with Gasteiger partial charge in [0.05, 0.1) is 16.9 Å². The summed E-state index contributed by atoms with van der Waals surface area (Å²) < 4.78 is 1.58. The fourth-order valence-corrected chi connectivity index (χ4v) is 2.07. The average Bonchev–Trinajstić information content (AvgIpc) is 2.92. The SMILES string of the molecule is Nc1cc(-n2ccnc2)c2c([N+](=O)[O-])ccc(O)c2n1. The number of benzene rings is 1. The average molecular weight is 271 g/mol. The van der Waals surface area contributed by atoms with Gasteiger partial charge in [-0.1, -0.05) is 0 Å². The van der Waals surface area contributed by atoms with Gasteiger partial charge in [0.1, 0.15) is 22.5 Å². The molecule has 0 aliphatic rings. The van der Waals surface area contributed by atoms with Gasteiger partial charge in [0, 0.05) is 24.5 Å². The lowest BCUT2D eigenvalue weighted by molar-refractivity contribution is -0.383. The summed E-state index contributed by atoms with van der Waals surface area (Å²) in [4.78, 5) is 18.5. The largest absolute Gasteiger partial charge is 0.506 e. The molecule has 0 fully saturated rings. The Morgan fingerprint density at radius 1 is 1.40 bits per heavy atom. The normalized spacial score (nSPS) is 10.8. The van der Waals surface area contributed by atoms with Gasteiger partial charge in [-0.25, -0.2) is 9.97 Å². The van der Waals surface area contributed by atoms with Gasteiger partial charge in [-0.3, -0.25) is 10.1 Å². The van der Waals surface area contributed by atoms with Gasteiger partial charge in [0.2, 0.25) is 0 Å². The Bertz CT molecular complexity index is 814. The summed E-state index contributed by atoms with van der Waals surface area (Å²) in [7, 11) is 0. The van der Waals surface area contributed by atoms with Crippen molar-refractivity contribution in [1.29, 1.82) is 0 Å². The first-order valence-electron chi connectivity index (χ1n) is 5.63. The van der Waals surface area contributed by atoms with Crippen molar-refractivity contribution in [3.8, 4) is 11.4 Å². The van der Waals surface area contributed by atoms with Crippen molar-refractivity contribution in [2.45, 2.75) is 0 Å². The molecule has 0 saturated heterocycles. The first-order valence-corrected chi connectivity index (χ1v) is 5.63. The minimum atomic E-state index is -0.528. The highest BCUT2D eigenvalue weighted by Gasteiger charge is 2.20. The molecule has 0 aliphatic heterocycles. The summed E-state index contributed by atoms with van der Waals surface area (Å²) in [6.07, 6.45) is 4.65. The molecule has 0 unspecified atom stereocenters. The van der Waals surface area contributed by atoms with E-state index in [0.29, 0.717) is 5.69 Å². The van der Waals surface area contributed by atoms with Crippen LogP contribution in [0.1, 0.15) is 0 Å². The fourth-order valence-electron chi connectivity index (χ4n) is 2.07. The molecule has 8 nitrogen and oxygen atoms in total. The second-order valence-electron chi connectivity index (χ2n) is 4.12. The number of phenolic OH excluding ortho intramolecular Hbond substituents is 1. The molecule has 1 aromatic carbocycles. The Balaban J connectivity index is 2.50. The van der Waals surface area contributed by atoms with Crippen LogP contribution in [0.3, 0.4) is 0 Å². The van der Waals surface area contributed by atoms with E-state index in [0.717, 1.165) is 0 Å². The van der Waals surface area contributed by atoms with E-state index in [1.807, 2.05) is 0 Å². The summed E-state index contributed by atoms with van der Waals surface area (Å²) in [6, 6.07) is 3.96. The molecular weight excluding hydrogens is 262 g/mol. The second-order valence-corrected chi connectivity index (χ2v) is 4.12. The van der Waals surface area contributed by atoms with Gasteiger partial charge in [0.25, 0.3) is 5.69 Å². The third-order valence-corrected chi connectivity index (χ3v) is 2.90. The van der Waals surface area contributed by atoms with Gasteiger partial charge < -0.3 is 15.4 Å². The maximum Gasteiger partial charge on any atom is 0.281 e. The Kier molecular flexibility index (Phi) is 2.50. The molecule has 0 spiro atoms. The lowest BCUT2D eigenvalue weighted by Gasteiger charge is -2.09. The highest BCUT2D eigenvalue weighted by molar-refractivity contribution is 5.99. The van der Waals surface area contributed by atoms with Crippen LogP contribution in [0.2, 0.25) is 0 Å². The number of nitrogens with zero attached hydrogens (tertiary/aromatic N) is 4. The van der Waals surface area contributed by atoms with Crippen LogP contribution < -0.4 is 5.73 Å². The number of fused-ring (bicyclic) bond motifs is 1.